The number of benzene rings is 3. The second-order valence-electron chi connectivity index (χ2n) is 8.62. The Balaban J connectivity index is 1.38. The number of aromatic nitrogens is 4. The second kappa shape index (κ2) is 10.8. The van der Waals surface area contributed by atoms with Crippen molar-refractivity contribution in [3.05, 3.63) is 106 Å². The average Bonchev–Trinajstić information content (AvgIpc) is 3.35. The average molecular weight is 498 g/mol. The lowest BCUT2D eigenvalue weighted by atomic mass is 9.96. The highest BCUT2D eigenvalue weighted by atomic mass is 32.2. The summed E-state index contributed by atoms with van der Waals surface area (Å²) in [5.41, 5.74) is 2.83. The van der Waals surface area contributed by atoms with Gasteiger partial charge in [0.2, 0.25) is 11.7 Å². The molecule has 0 radical (unpaired) electrons. The molecule has 2 aromatic heterocycles. The van der Waals surface area contributed by atoms with E-state index >= 15 is 0 Å². The smallest absolute Gasteiger partial charge is 0.263 e. The maximum absolute atomic E-state index is 13.3. The first-order valence-corrected chi connectivity index (χ1v) is 13.0. The summed E-state index contributed by atoms with van der Waals surface area (Å²) in [7, 11) is 0. The standard InChI is InChI=1S/C28H27N5O2S/c1-2-21(22-13-7-4-8-14-22)17-29-25(34)19-36-28-31-30-27-32(18-20-11-5-3-6-12-20)26(35)23-15-9-10-16-24(23)33(27)28/h3-16,21H,2,17-19H2,1H3,(H,29,34). The van der Waals surface area contributed by atoms with Crippen LogP contribution in [-0.4, -0.2) is 37.4 Å². The van der Waals surface area contributed by atoms with E-state index in [4.69, 9.17) is 0 Å². The summed E-state index contributed by atoms with van der Waals surface area (Å²) in [5.74, 6) is 0.872. The van der Waals surface area contributed by atoms with Crippen LogP contribution in [0.3, 0.4) is 0 Å². The minimum absolute atomic E-state index is 0.0620. The quantitative estimate of drug-likeness (QED) is 0.304. The van der Waals surface area contributed by atoms with Crippen molar-refractivity contribution in [1.29, 1.82) is 0 Å². The van der Waals surface area contributed by atoms with Gasteiger partial charge in [0.15, 0.2) is 5.16 Å². The van der Waals surface area contributed by atoms with Crippen molar-refractivity contribution in [2.24, 2.45) is 0 Å². The van der Waals surface area contributed by atoms with E-state index in [0.29, 0.717) is 29.4 Å². The molecule has 5 rings (SSSR count). The van der Waals surface area contributed by atoms with Gasteiger partial charge in [-0.15, -0.1) is 10.2 Å². The minimum atomic E-state index is -0.116. The number of para-hydroxylation sites is 1. The predicted molar refractivity (Wildman–Crippen MR) is 144 cm³/mol. The third-order valence-electron chi connectivity index (χ3n) is 6.30. The number of hydrogen-bond donors (Lipinski definition) is 1. The Hall–Kier alpha value is -3.91. The SMILES string of the molecule is CCC(CNC(=O)CSc1nnc2n(Cc3ccccc3)c(=O)c3ccccc3n12)c1ccccc1. The first-order valence-electron chi connectivity index (χ1n) is 12.0. The van der Waals surface area contributed by atoms with Gasteiger partial charge in [0, 0.05) is 12.5 Å². The van der Waals surface area contributed by atoms with Crippen molar-refractivity contribution >= 4 is 34.3 Å². The molecule has 0 saturated carbocycles. The number of thioether (sulfide) groups is 1. The summed E-state index contributed by atoms with van der Waals surface area (Å²) in [4.78, 5) is 26.0. The molecule has 1 amide bonds. The van der Waals surface area contributed by atoms with Crippen molar-refractivity contribution in [3.8, 4) is 0 Å². The summed E-state index contributed by atoms with van der Waals surface area (Å²) >= 11 is 1.32. The van der Waals surface area contributed by atoms with Gasteiger partial charge in [0.25, 0.3) is 5.56 Å². The van der Waals surface area contributed by atoms with Crippen LogP contribution in [0.2, 0.25) is 0 Å². The van der Waals surface area contributed by atoms with E-state index in [9.17, 15) is 9.59 Å². The zero-order valence-corrected chi connectivity index (χ0v) is 20.8. The van der Waals surface area contributed by atoms with Crippen molar-refractivity contribution < 1.29 is 4.79 Å². The summed E-state index contributed by atoms with van der Waals surface area (Å²) in [5, 5.41) is 12.9. The van der Waals surface area contributed by atoms with Gasteiger partial charge < -0.3 is 5.32 Å². The molecule has 5 aromatic rings. The summed E-state index contributed by atoms with van der Waals surface area (Å²) in [6.45, 7) is 3.09. The molecule has 0 aliphatic rings. The van der Waals surface area contributed by atoms with Crippen molar-refractivity contribution in [2.75, 3.05) is 12.3 Å². The van der Waals surface area contributed by atoms with Crippen LogP contribution >= 0.6 is 11.8 Å². The van der Waals surface area contributed by atoms with Gasteiger partial charge in [0.1, 0.15) is 0 Å². The molecule has 1 atom stereocenters. The molecule has 1 unspecified atom stereocenters. The molecule has 3 aromatic carbocycles. The van der Waals surface area contributed by atoms with Gasteiger partial charge in [-0.25, -0.2) is 0 Å². The van der Waals surface area contributed by atoms with Crippen LogP contribution in [0.4, 0.5) is 0 Å². The first-order chi connectivity index (χ1) is 17.7. The number of nitrogens with zero attached hydrogens (tertiary/aromatic N) is 4. The lowest BCUT2D eigenvalue weighted by Crippen LogP contribution is -2.29. The molecule has 0 fully saturated rings. The molecule has 7 nitrogen and oxygen atoms in total. The van der Waals surface area contributed by atoms with Gasteiger partial charge in [-0.3, -0.25) is 18.6 Å². The summed E-state index contributed by atoms with van der Waals surface area (Å²) < 4.78 is 3.51. The Morgan fingerprint density at radius 2 is 1.64 bits per heavy atom. The van der Waals surface area contributed by atoms with Crippen LogP contribution in [0.5, 0.6) is 0 Å². The van der Waals surface area contributed by atoms with E-state index in [1.54, 1.807) is 4.57 Å². The Kier molecular flexibility index (Phi) is 7.13. The fourth-order valence-electron chi connectivity index (χ4n) is 4.38. The minimum Gasteiger partial charge on any atom is -0.355 e. The fraction of sp³-hybridized carbons (Fsp3) is 0.214. The number of rotatable bonds is 9. The van der Waals surface area contributed by atoms with Crippen LogP contribution in [0.25, 0.3) is 16.7 Å². The lowest BCUT2D eigenvalue weighted by Gasteiger charge is -2.16. The molecule has 182 valence electrons. The Bertz CT molecular complexity index is 1550. The van der Waals surface area contributed by atoms with Crippen LogP contribution in [0.15, 0.2) is 94.9 Å². The zero-order valence-electron chi connectivity index (χ0n) is 20.0. The molecule has 0 aliphatic heterocycles. The maximum Gasteiger partial charge on any atom is 0.263 e. The Morgan fingerprint density at radius 3 is 2.39 bits per heavy atom. The summed E-state index contributed by atoms with van der Waals surface area (Å²) in [6, 6.07) is 27.5. The molecule has 1 N–H and O–H groups in total. The number of amides is 1. The van der Waals surface area contributed by atoms with Crippen LogP contribution < -0.4 is 10.9 Å². The number of carbonyl (C=O) groups is 1. The second-order valence-corrected chi connectivity index (χ2v) is 9.56. The number of carbonyl (C=O) groups excluding carboxylic acids is 1. The maximum atomic E-state index is 13.3. The van der Waals surface area contributed by atoms with Crippen LogP contribution in [0, 0.1) is 0 Å². The monoisotopic (exact) mass is 497 g/mol. The number of hydrogen-bond acceptors (Lipinski definition) is 5. The molecule has 0 bridgehead atoms. The largest absolute Gasteiger partial charge is 0.355 e. The molecule has 2 heterocycles. The summed E-state index contributed by atoms with van der Waals surface area (Å²) in [6.07, 6.45) is 0.942. The van der Waals surface area contributed by atoms with E-state index < -0.39 is 0 Å². The highest BCUT2D eigenvalue weighted by Crippen LogP contribution is 2.22. The molecule has 0 spiro atoms. The van der Waals surface area contributed by atoms with E-state index in [1.807, 2.05) is 77.2 Å². The van der Waals surface area contributed by atoms with Crippen molar-refractivity contribution in [3.63, 3.8) is 0 Å². The van der Waals surface area contributed by atoms with Crippen LogP contribution in [-0.2, 0) is 11.3 Å². The number of fused-ring (bicyclic) bond motifs is 3. The Morgan fingerprint density at radius 1 is 0.944 bits per heavy atom. The normalized spacial score (nSPS) is 12.1. The molecular formula is C28H27N5O2S. The number of nitrogens with one attached hydrogen (secondary N) is 1. The topological polar surface area (TPSA) is 81.3 Å². The lowest BCUT2D eigenvalue weighted by molar-refractivity contribution is -0.118. The molecule has 8 heteroatoms. The van der Waals surface area contributed by atoms with Crippen molar-refractivity contribution in [1.82, 2.24) is 24.5 Å². The van der Waals surface area contributed by atoms with Gasteiger partial charge in [-0.05, 0) is 29.7 Å². The zero-order chi connectivity index (χ0) is 24.9. The first kappa shape index (κ1) is 23.8. The third-order valence-corrected chi connectivity index (χ3v) is 7.23. The van der Waals surface area contributed by atoms with E-state index in [0.717, 1.165) is 17.5 Å². The molecule has 0 aliphatic carbocycles. The van der Waals surface area contributed by atoms with Gasteiger partial charge >= 0.3 is 0 Å². The van der Waals surface area contributed by atoms with Gasteiger partial charge in [-0.1, -0.05) is 91.5 Å². The predicted octanol–water partition coefficient (Wildman–Crippen LogP) is 4.49. The molecular weight excluding hydrogens is 470 g/mol. The van der Waals surface area contributed by atoms with Crippen molar-refractivity contribution in [2.45, 2.75) is 31.0 Å². The highest BCUT2D eigenvalue weighted by molar-refractivity contribution is 7.99. The van der Waals surface area contributed by atoms with Gasteiger partial charge in [-0.2, -0.15) is 0 Å². The van der Waals surface area contributed by atoms with E-state index in [-0.39, 0.29) is 23.1 Å². The third kappa shape index (κ3) is 4.90. The molecule has 0 saturated heterocycles. The fourth-order valence-corrected chi connectivity index (χ4v) is 5.15. The molecule has 36 heavy (non-hydrogen) atoms. The van der Waals surface area contributed by atoms with E-state index in [1.165, 1.54) is 17.3 Å². The van der Waals surface area contributed by atoms with E-state index in [2.05, 4.69) is 34.6 Å². The highest BCUT2D eigenvalue weighted by Gasteiger charge is 2.18. The van der Waals surface area contributed by atoms with Crippen LogP contribution in [0.1, 0.15) is 30.4 Å². The Labute approximate surface area is 213 Å². The van der Waals surface area contributed by atoms with Gasteiger partial charge in [0.05, 0.1) is 23.2 Å².